The maximum atomic E-state index is 5.55. The van der Waals surface area contributed by atoms with Crippen molar-refractivity contribution in [2.75, 3.05) is 18.1 Å². The van der Waals surface area contributed by atoms with Crippen LogP contribution in [-0.4, -0.2) is 18.9 Å². The average Bonchev–Trinajstić information content (AvgIpc) is 2.29. The van der Waals surface area contributed by atoms with Crippen LogP contribution < -0.4 is 16.2 Å². The van der Waals surface area contributed by atoms with Crippen LogP contribution in [0.5, 0.6) is 0 Å². The third-order valence-corrected chi connectivity index (χ3v) is 2.45. The first-order chi connectivity index (χ1) is 7.29. The molecular formula is C11H16N4. The van der Waals surface area contributed by atoms with Crippen molar-refractivity contribution in [2.24, 2.45) is 10.7 Å². The number of hydrogen-bond acceptors (Lipinski definition) is 4. The van der Waals surface area contributed by atoms with Gasteiger partial charge in [-0.15, -0.1) is 0 Å². The molecule has 1 aromatic rings. The monoisotopic (exact) mass is 204 g/mol. The number of rotatable bonds is 2. The van der Waals surface area contributed by atoms with Gasteiger partial charge in [0.05, 0.1) is 18.8 Å². The summed E-state index contributed by atoms with van der Waals surface area (Å²) in [5.41, 5.74) is 11.1. The number of aliphatic imine (C=N–C) groups is 1. The lowest BCUT2D eigenvalue weighted by molar-refractivity contribution is 0.718. The summed E-state index contributed by atoms with van der Waals surface area (Å²) in [6, 6.07) is 8.26. The molecule has 15 heavy (non-hydrogen) atoms. The Labute approximate surface area is 89.8 Å². The predicted octanol–water partition coefficient (Wildman–Crippen LogP) is 0.888. The lowest BCUT2D eigenvalue weighted by atomic mass is 10.2. The van der Waals surface area contributed by atoms with E-state index in [9.17, 15) is 0 Å². The van der Waals surface area contributed by atoms with Crippen molar-refractivity contribution in [3.05, 3.63) is 29.8 Å². The SMILES string of the molecule is CC1=NCCN(c2ccc(CN)cc2)N1. The molecule has 4 nitrogen and oxygen atoms in total. The Hall–Kier alpha value is -1.55. The molecule has 0 saturated carbocycles. The topological polar surface area (TPSA) is 53.6 Å². The van der Waals surface area contributed by atoms with Crippen LogP contribution in [0.15, 0.2) is 29.3 Å². The van der Waals surface area contributed by atoms with E-state index in [2.05, 4.69) is 39.7 Å². The maximum Gasteiger partial charge on any atom is 0.112 e. The van der Waals surface area contributed by atoms with Gasteiger partial charge < -0.3 is 5.73 Å². The molecule has 1 aliphatic rings. The fourth-order valence-electron chi connectivity index (χ4n) is 1.61. The molecule has 1 aliphatic heterocycles. The molecule has 0 atom stereocenters. The molecule has 0 spiro atoms. The van der Waals surface area contributed by atoms with Crippen molar-refractivity contribution in [1.29, 1.82) is 0 Å². The number of anilines is 1. The van der Waals surface area contributed by atoms with Crippen LogP contribution in [0.1, 0.15) is 12.5 Å². The van der Waals surface area contributed by atoms with Crippen molar-refractivity contribution in [2.45, 2.75) is 13.5 Å². The van der Waals surface area contributed by atoms with Gasteiger partial charge in [-0.3, -0.25) is 15.4 Å². The van der Waals surface area contributed by atoms with Crippen molar-refractivity contribution >= 4 is 11.5 Å². The van der Waals surface area contributed by atoms with E-state index >= 15 is 0 Å². The normalized spacial score (nSPS) is 15.9. The fourth-order valence-corrected chi connectivity index (χ4v) is 1.61. The first-order valence-corrected chi connectivity index (χ1v) is 5.14. The molecular weight excluding hydrogens is 188 g/mol. The summed E-state index contributed by atoms with van der Waals surface area (Å²) >= 11 is 0. The van der Waals surface area contributed by atoms with Gasteiger partial charge in [-0.1, -0.05) is 12.1 Å². The summed E-state index contributed by atoms with van der Waals surface area (Å²) in [6.07, 6.45) is 0. The molecule has 0 fully saturated rings. The zero-order chi connectivity index (χ0) is 10.7. The lowest BCUT2D eigenvalue weighted by Crippen LogP contribution is -2.46. The number of nitrogens with zero attached hydrogens (tertiary/aromatic N) is 2. The van der Waals surface area contributed by atoms with Crippen LogP contribution >= 0.6 is 0 Å². The maximum absolute atomic E-state index is 5.55. The number of amidine groups is 1. The van der Waals surface area contributed by atoms with Crippen molar-refractivity contribution in [3.8, 4) is 0 Å². The molecule has 1 aromatic carbocycles. The fraction of sp³-hybridized carbons (Fsp3) is 0.364. The summed E-state index contributed by atoms with van der Waals surface area (Å²) in [7, 11) is 0. The molecule has 0 unspecified atom stereocenters. The molecule has 1 heterocycles. The minimum Gasteiger partial charge on any atom is -0.326 e. The summed E-state index contributed by atoms with van der Waals surface area (Å²) < 4.78 is 0. The van der Waals surface area contributed by atoms with Crippen molar-refractivity contribution in [1.82, 2.24) is 5.43 Å². The van der Waals surface area contributed by atoms with Gasteiger partial charge in [0.1, 0.15) is 5.84 Å². The number of benzene rings is 1. The Balaban J connectivity index is 2.12. The highest BCUT2D eigenvalue weighted by Crippen LogP contribution is 2.14. The van der Waals surface area contributed by atoms with Crippen LogP contribution in [0.25, 0.3) is 0 Å². The van der Waals surface area contributed by atoms with E-state index in [0.717, 1.165) is 30.2 Å². The van der Waals surface area contributed by atoms with E-state index in [1.165, 1.54) is 0 Å². The Kier molecular flexibility index (Phi) is 2.87. The molecule has 0 saturated heterocycles. The second-order valence-corrected chi connectivity index (χ2v) is 3.60. The van der Waals surface area contributed by atoms with Gasteiger partial charge in [-0.25, -0.2) is 0 Å². The quantitative estimate of drug-likeness (QED) is 0.752. The standard InChI is InChI=1S/C11H16N4/c1-9-13-6-7-15(14-9)11-4-2-10(8-12)3-5-11/h2-5H,6-8,12H2,1H3,(H,13,14). The minimum atomic E-state index is 0.591. The highest BCUT2D eigenvalue weighted by Gasteiger charge is 2.09. The molecule has 0 aliphatic carbocycles. The molecule has 4 heteroatoms. The van der Waals surface area contributed by atoms with Crippen LogP contribution in [0, 0.1) is 0 Å². The molecule has 0 amide bonds. The third kappa shape index (κ3) is 2.27. The second-order valence-electron chi connectivity index (χ2n) is 3.60. The predicted molar refractivity (Wildman–Crippen MR) is 62.8 cm³/mol. The van der Waals surface area contributed by atoms with E-state index in [1.807, 2.05) is 6.92 Å². The van der Waals surface area contributed by atoms with Crippen LogP contribution in [0.3, 0.4) is 0 Å². The van der Waals surface area contributed by atoms with E-state index in [-0.39, 0.29) is 0 Å². The van der Waals surface area contributed by atoms with Gasteiger partial charge in [0.15, 0.2) is 0 Å². The average molecular weight is 204 g/mol. The molecule has 80 valence electrons. The first-order valence-electron chi connectivity index (χ1n) is 5.14. The lowest BCUT2D eigenvalue weighted by Gasteiger charge is -2.29. The summed E-state index contributed by atoms with van der Waals surface area (Å²) in [5.74, 6) is 0.962. The van der Waals surface area contributed by atoms with Crippen molar-refractivity contribution < 1.29 is 0 Å². The Bertz CT molecular complexity index is 355. The zero-order valence-electron chi connectivity index (χ0n) is 8.90. The summed E-state index contributed by atoms with van der Waals surface area (Å²) in [6.45, 7) is 4.31. The van der Waals surface area contributed by atoms with Gasteiger partial charge in [0.2, 0.25) is 0 Å². The molecule has 2 rings (SSSR count). The largest absolute Gasteiger partial charge is 0.326 e. The van der Waals surface area contributed by atoms with E-state index < -0.39 is 0 Å². The Morgan fingerprint density at radius 3 is 2.73 bits per heavy atom. The Morgan fingerprint density at radius 1 is 1.40 bits per heavy atom. The molecule has 3 N–H and O–H groups in total. The van der Waals surface area contributed by atoms with Crippen LogP contribution in [-0.2, 0) is 6.54 Å². The van der Waals surface area contributed by atoms with Gasteiger partial charge in [0.25, 0.3) is 0 Å². The number of hydrogen-bond donors (Lipinski definition) is 2. The molecule has 0 bridgehead atoms. The van der Waals surface area contributed by atoms with E-state index in [0.29, 0.717) is 6.54 Å². The molecule has 0 radical (unpaired) electrons. The van der Waals surface area contributed by atoms with Gasteiger partial charge in [-0.05, 0) is 24.6 Å². The first kappa shape index (κ1) is 9.98. The number of hydrazine groups is 1. The zero-order valence-corrected chi connectivity index (χ0v) is 8.90. The summed E-state index contributed by atoms with van der Waals surface area (Å²) in [5, 5.41) is 2.10. The third-order valence-electron chi connectivity index (χ3n) is 2.45. The van der Waals surface area contributed by atoms with E-state index in [4.69, 9.17) is 5.73 Å². The molecule has 0 aromatic heterocycles. The minimum absolute atomic E-state index is 0.591. The number of nitrogens with one attached hydrogen (secondary N) is 1. The highest BCUT2D eigenvalue weighted by atomic mass is 15.5. The van der Waals surface area contributed by atoms with Gasteiger partial charge >= 0.3 is 0 Å². The summed E-state index contributed by atoms with van der Waals surface area (Å²) in [4.78, 5) is 4.28. The Morgan fingerprint density at radius 2 is 2.13 bits per heavy atom. The smallest absolute Gasteiger partial charge is 0.112 e. The highest BCUT2D eigenvalue weighted by molar-refractivity contribution is 5.82. The van der Waals surface area contributed by atoms with Crippen LogP contribution in [0.2, 0.25) is 0 Å². The second kappa shape index (κ2) is 4.31. The van der Waals surface area contributed by atoms with Crippen molar-refractivity contribution in [3.63, 3.8) is 0 Å². The number of nitrogens with two attached hydrogens (primary N) is 1. The van der Waals surface area contributed by atoms with Gasteiger partial charge in [-0.2, -0.15) is 0 Å². The van der Waals surface area contributed by atoms with Gasteiger partial charge in [0, 0.05) is 6.54 Å². The van der Waals surface area contributed by atoms with E-state index in [1.54, 1.807) is 0 Å². The van der Waals surface area contributed by atoms with Crippen LogP contribution in [0.4, 0.5) is 5.69 Å².